The summed E-state index contributed by atoms with van der Waals surface area (Å²) in [6.07, 6.45) is 0. The van der Waals surface area contributed by atoms with Crippen molar-refractivity contribution in [1.82, 2.24) is 0 Å². The number of carbonyl (C=O) groups excluding carboxylic acids is 1. The molecule has 5 nitrogen and oxygen atoms in total. The molecule has 0 spiro atoms. The minimum atomic E-state index is -0.534. The molecule has 102 valence electrons. The van der Waals surface area contributed by atoms with Crippen LogP contribution in [0.15, 0.2) is 24.3 Å². The molecule has 0 aromatic heterocycles. The first-order valence-corrected chi connectivity index (χ1v) is 5.41. The van der Waals surface area contributed by atoms with Crippen LogP contribution in [0, 0.1) is 0 Å². The predicted octanol–water partition coefficient (Wildman–Crippen LogP) is 1.42. The van der Waals surface area contributed by atoms with Gasteiger partial charge in [0, 0.05) is 18.9 Å². The zero-order chi connectivity index (χ0) is 12.7. The summed E-state index contributed by atoms with van der Waals surface area (Å²) in [6.45, 7) is 2.63. The SMILES string of the molecule is COCCOc1cccc(NC(=O)[C@H](C)N)c1.Cl. The van der Waals surface area contributed by atoms with Crippen LogP contribution in [0.2, 0.25) is 0 Å². The minimum absolute atomic E-state index is 0. The van der Waals surface area contributed by atoms with E-state index in [9.17, 15) is 4.79 Å². The van der Waals surface area contributed by atoms with Crippen LogP contribution in [0.3, 0.4) is 0 Å². The quantitative estimate of drug-likeness (QED) is 0.770. The Hall–Kier alpha value is -1.30. The Morgan fingerprint density at radius 1 is 1.44 bits per heavy atom. The first-order valence-electron chi connectivity index (χ1n) is 5.41. The molecule has 0 bridgehead atoms. The highest BCUT2D eigenvalue weighted by molar-refractivity contribution is 5.94. The first-order chi connectivity index (χ1) is 8.13. The normalized spacial score (nSPS) is 11.3. The van der Waals surface area contributed by atoms with E-state index in [-0.39, 0.29) is 18.3 Å². The van der Waals surface area contributed by atoms with Gasteiger partial charge in [-0.15, -0.1) is 12.4 Å². The maximum Gasteiger partial charge on any atom is 0.241 e. The maximum atomic E-state index is 11.4. The van der Waals surface area contributed by atoms with E-state index in [1.54, 1.807) is 32.2 Å². The molecule has 1 amide bonds. The van der Waals surface area contributed by atoms with Gasteiger partial charge in [0.2, 0.25) is 5.91 Å². The van der Waals surface area contributed by atoms with E-state index in [1.165, 1.54) is 0 Å². The lowest BCUT2D eigenvalue weighted by Gasteiger charge is -2.10. The first kappa shape index (κ1) is 16.7. The van der Waals surface area contributed by atoms with Crippen molar-refractivity contribution >= 4 is 24.0 Å². The molecule has 1 aromatic rings. The molecule has 3 N–H and O–H groups in total. The number of carbonyl (C=O) groups is 1. The van der Waals surface area contributed by atoms with Gasteiger partial charge in [0.25, 0.3) is 0 Å². The summed E-state index contributed by atoms with van der Waals surface area (Å²) in [6, 6.07) is 6.61. The summed E-state index contributed by atoms with van der Waals surface area (Å²) >= 11 is 0. The molecule has 0 aliphatic heterocycles. The summed E-state index contributed by atoms with van der Waals surface area (Å²) in [5.74, 6) is 0.462. The average molecular weight is 275 g/mol. The molecule has 0 saturated heterocycles. The van der Waals surface area contributed by atoms with Crippen LogP contribution < -0.4 is 15.8 Å². The van der Waals surface area contributed by atoms with E-state index in [1.807, 2.05) is 6.07 Å². The highest BCUT2D eigenvalue weighted by Gasteiger charge is 2.07. The number of nitrogens with two attached hydrogens (primary N) is 1. The molecule has 0 aliphatic carbocycles. The van der Waals surface area contributed by atoms with Crippen molar-refractivity contribution in [2.45, 2.75) is 13.0 Å². The van der Waals surface area contributed by atoms with Crippen LogP contribution in [0.25, 0.3) is 0 Å². The Kier molecular flexibility index (Phi) is 8.11. The fourth-order valence-electron chi connectivity index (χ4n) is 1.16. The molecular weight excluding hydrogens is 256 g/mol. The molecule has 0 fully saturated rings. The van der Waals surface area contributed by atoms with Crippen molar-refractivity contribution in [1.29, 1.82) is 0 Å². The molecule has 1 atom stereocenters. The summed E-state index contributed by atoms with van der Waals surface area (Å²) in [7, 11) is 1.61. The van der Waals surface area contributed by atoms with Gasteiger partial charge in [-0.05, 0) is 19.1 Å². The monoisotopic (exact) mass is 274 g/mol. The topological polar surface area (TPSA) is 73.6 Å². The van der Waals surface area contributed by atoms with E-state index < -0.39 is 6.04 Å². The highest BCUT2D eigenvalue weighted by atomic mass is 35.5. The van der Waals surface area contributed by atoms with Crippen molar-refractivity contribution in [3.05, 3.63) is 24.3 Å². The summed E-state index contributed by atoms with van der Waals surface area (Å²) < 4.78 is 10.3. The van der Waals surface area contributed by atoms with Crippen molar-refractivity contribution in [2.75, 3.05) is 25.6 Å². The number of nitrogens with one attached hydrogen (secondary N) is 1. The number of amides is 1. The fraction of sp³-hybridized carbons (Fsp3) is 0.417. The van der Waals surface area contributed by atoms with Crippen LogP contribution in [0.1, 0.15) is 6.92 Å². The summed E-state index contributed by atoms with van der Waals surface area (Å²) in [5.41, 5.74) is 6.13. The van der Waals surface area contributed by atoms with Gasteiger partial charge in [-0.2, -0.15) is 0 Å². The van der Waals surface area contributed by atoms with Crippen LogP contribution in [0.5, 0.6) is 5.75 Å². The van der Waals surface area contributed by atoms with Crippen LogP contribution in [-0.2, 0) is 9.53 Å². The minimum Gasteiger partial charge on any atom is -0.491 e. The second-order valence-corrected chi connectivity index (χ2v) is 3.65. The molecule has 1 rings (SSSR count). The Labute approximate surface area is 113 Å². The number of benzene rings is 1. The summed E-state index contributed by atoms with van der Waals surface area (Å²) in [4.78, 5) is 11.4. The lowest BCUT2D eigenvalue weighted by molar-refractivity contribution is -0.117. The van der Waals surface area contributed by atoms with E-state index >= 15 is 0 Å². The van der Waals surface area contributed by atoms with Crippen molar-refractivity contribution in [3.8, 4) is 5.75 Å². The second kappa shape index (κ2) is 8.74. The van der Waals surface area contributed by atoms with E-state index in [2.05, 4.69) is 5.32 Å². The van der Waals surface area contributed by atoms with Crippen LogP contribution in [0.4, 0.5) is 5.69 Å². The number of ether oxygens (including phenoxy) is 2. The number of methoxy groups -OCH3 is 1. The standard InChI is InChI=1S/C12H18N2O3.ClH/c1-9(13)12(15)14-10-4-3-5-11(8-10)17-7-6-16-2;/h3-5,8-9H,6-7,13H2,1-2H3,(H,14,15);1H/t9-;/m0./s1. The summed E-state index contributed by atoms with van der Waals surface area (Å²) in [5, 5.41) is 2.70. The van der Waals surface area contributed by atoms with Crippen LogP contribution in [-0.4, -0.2) is 32.3 Å². The van der Waals surface area contributed by atoms with Gasteiger partial charge in [-0.25, -0.2) is 0 Å². The zero-order valence-corrected chi connectivity index (χ0v) is 11.3. The molecular formula is C12H19ClN2O3. The molecule has 0 heterocycles. The highest BCUT2D eigenvalue weighted by Crippen LogP contribution is 2.17. The molecule has 0 saturated carbocycles. The van der Waals surface area contributed by atoms with Crippen molar-refractivity contribution in [2.24, 2.45) is 5.73 Å². The largest absolute Gasteiger partial charge is 0.491 e. The van der Waals surface area contributed by atoms with Crippen molar-refractivity contribution < 1.29 is 14.3 Å². The van der Waals surface area contributed by atoms with Crippen LogP contribution >= 0.6 is 12.4 Å². The van der Waals surface area contributed by atoms with Gasteiger partial charge >= 0.3 is 0 Å². The predicted molar refractivity (Wildman–Crippen MR) is 73.3 cm³/mol. The Morgan fingerprint density at radius 3 is 2.78 bits per heavy atom. The lowest BCUT2D eigenvalue weighted by Crippen LogP contribution is -2.32. The second-order valence-electron chi connectivity index (χ2n) is 3.65. The number of hydrogen-bond donors (Lipinski definition) is 2. The third kappa shape index (κ3) is 5.86. The fourth-order valence-corrected chi connectivity index (χ4v) is 1.16. The van der Waals surface area contributed by atoms with Gasteiger partial charge in [0.05, 0.1) is 12.6 Å². The number of hydrogen-bond acceptors (Lipinski definition) is 4. The number of rotatable bonds is 6. The number of anilines is 1. The van der Waals surface area contributed by atoms with Gasteiger partial charge in [-0.3, -0.25) is 4.79 Å². The van der Waals surface area contributed by atoms with E-state index in [4.69, 9.17) is 15.2 Å². The third-order valence-corrected chi connectivity index (χ3v) is 2.07. The zero-order valence-electron chi connectivity index (χ0n) is 10.5. The van der Waals surface area contributed by atoms with Gasteiger partial charge in [0.1, 0.15) is 12.4 Å². The Bertz CT molecular complexity index is 372. The average Bonchev–Trinajstić information content (AvgIpc) is 2.30. The van der Waals surface area contributed by atoms with E-state index in [0.717, 1.165) is 0 Å². The van der Waals surface area contributed by atoms with Gasteiger partial charge in [-0.1, -0.05) is 6.07 Å². The molecule has 0 aliphatic rings. The Morgan fingerprint density at radius 2 is 2.17 bits per heavy atom. The molecule has 18 heavy (non-hydrogen) atoms. The van der Waals surface area contributed by atoms with Gasteiger partial charge in [0.15, 0.2) is 0 Å². The number of halogens is 1. The molecule has 0 radical (unpaired) electrons. The van der Waals surface area contributed by atoms with Crippen molar-refractivity contribution in [3.63, 3.8) is 0 Å². The maximum absolute atomic E-state index is 11.4. The third-order valence-electron chi connectivity index (χ3n) is 2.07. The molecule has 1 aromatic carbocycles. The molecule has 0 unspecified atom stereocenters. The Balaban J connectivity index is 0.00000289. The molecule has 6 heteroatoms. The van der Waals surface area contributed by atoms with Gasteiger partial charge < -0.3 is 20.5 Å². The van der Waals surface area contributed by atoms with E-state index in [0.29, 0.717) is 24.7 Å². The lowest BCUT2D eigenvalue weighted by atomic mass is 10.2. The smallest absolute Gasteiger partial charge is 0.241 e.